The highest BCUT2D eigenvalue weighted by Crippen LogP contribution is 2.45. The summed E-state index contributed by atoms with van der Waals surface area (Å²) in [5.74, 6) is -0.726. The van der Waals surface area contributed by atoms with Crippen LogP contribution in [0.1, 0.15) is 318 Å². The molecule has 0 bridgehead atoms. The van der Waals surface area contributed by atoms with E-state index in [9.17, 15) is 43.2 Å². The van der Waals surface area contributed by atoms with E-state index in [1.54, 1.807) is 0 Å². The van der Waals surface area contributed by atoms with E-state index in [1.165, 1.54) is 122 Å². The quantitative estimate of drug-likeness (QED) is 0.0169. The molecule has 0 amide bonds. The monoisotopic (exact) mass is 1280 g/mol. The minimum atomic E-state index is -4.96. The number of phosphoric ester groups is 2. The Morgan fingerprint density at radius 3 is 0.943 bits per heavy atom. The molecule has 0 radical (unpaired) electrons. The number of aliphatic hydroxyl groups is 1. The third-order valence-electron chi connectivity index (χ3n) is 15.1. The summed E-state index contributed by atoms with van der Waals surface area (Å²) in [5, 5.41) is 10.6. The van der Waals surface area contributed by atoms with Gasteiger partial charge in [0.2, 0.25) is 0 Å². The van der Waals surface area contributed by atoms with Crippen molar-refractivity contribution in [3.05, 3.63) is 24.3 Å². The van der Waals surface area contributed by atoms with Crippen molar-refractivity contribution in [2.24, 2.45) is 11.8 Å². The maximum absolute atomic E-state index is 13.0. The van der Waals surface area contributed by atoms with Gasteiger partial charge in [-0.05, 0) is 63.2 Å². The van der Waals surface area contributed by atoms with Crippen molar-refractivity contribution in [1.82, 2.24) is 0 Å². The topological polar surface area (TPSA) is 237 Å². The van der Waals surface area contributed by atoms with E-state index in [1.807, 2.05) is 0 Å². The van der Waals surface area contributed by atoms with Gasteiger partial charge in [0.15, 0.2) is 12.2 Å². The highest BCUT2D eigenvalue weighted by atomic mass is 31.2. The van der Waals surface area contributed by atoms with Gasteiger partial charge >= 0.3 is 39.5 Å². The average Bonchev–Trinajstić information content (AvgIpc) is 3.67. The highest BCUT2D eigenvalue weighted by Gasteiger charge is 2.30. The molecule has 0 aromatic rings. The first kappa shape index (κ1) is 84.5. The van der Waals surface area contributed by atoms with Gasteiger partial charge in [-0.25, -0.2) is 9.13 Å². The second-order valence-electron chi connectivity index (χ2n) is 24.8. The fourth-order valence-electron chi connectivity index (χ4n) is 9.70. The highest BCUT2D eigenvalue weighted by molar-refractivity contribution is 7.47. The first-order valence-electron chi connectivity index (χ1n) is 34.8. The summed E-state index contributed by atoms with van der Waals surface area (Å²) in [5.41, 5.74) is 0. The second-order valence-corrected chi connectivity index (χ2v) is 27.7. The zero-order chi connectivity index (χ0) is 64.3. The molecule has 2 unspecified atom stereocenters. The predicted octanol–water partition coefficient (Wildman–Crippen LogP) is 18.8. The average molecular weight is 1280 g/mol. The van der Waals surface area contributed by atoms with Crippen molar-refractivity contribution < 1.29 is 80.2 Å². The van der Waals surface area contributed by atoms with E-state index in [-0.39, 0.29) is 25.7 Å². The van der Waals surface area contributed by atoms with Crippen molar-refractivity contribution in [3.63, 3.8) is 0 Å². The summed E-state index contributed by atoms with van der Waals surface area (Å²) in [7, 11) is -9.91. The molecule has 0 aliphatic carbocycles. The third-order valence-corrected chi connectivity index (χ3v) is 17.0. The summed E-state index contributed by atoms with van der Waals surface area (Å²) >= 11 is 0. The molecule has 512 valence electrons. The number of esters is 4. The molecule has 19 heteroatoms. The fourth-order valence-corrected chi connectivity index (χ4v) is 11.3. The van der Waals surface area contributed by atoms with Crippen LogP contribution in [0.5, 0.6) is 0 Å². The fraction of sp³-hybridized carbons (Fsp3) is 0.882. The van der Waals surface area contributed by atoms with Gasteiger partial charge in [0.25, 0.3) is 0 Å². The minimum absolute atomic E-state index is 0.0843. The lowest BCUT2D eigenvalue weighted by Gasteiger charge is -2.21. The van der Waals surface area contributed by atoms with Gasteiger partial charge in [0, 0.05) is 25.7 Å². The molecule has 0 aromatic heterocycles. The van der Waals surface area contributed by atoms with E-state index >= 15 is 0 Å². The number of allylic oxidation sites excluding steroid dienone is 4. The van der Waals surface area contributed by atoms with Crippen LogP contribution in [0.2, 0.25) is 0 Å². The molecule has 3 N–H and O–H groups in total. The Bertz CT molecular complexity index is 1790. The molecule has 0 saturated heterocycles. The van der Waals surface area contributed by atoms with Crippen LogP contribution in [0.25, 0.3) is 0 Å². The lowest BCUT2D eigenvalue weighted by atomic mass is 10.0. The summed E-state index contributed by atoms with van der Waals surface area (Å²) in [6, 6.07) is 0. The maximum Gasteiger partial charge on any atom is 0.472 e. The van der Waals surface area contributed by atoms with Crippen molar-refractivity contribution >= 4 is 39.5 Å². The third kappa shape index (κ3) is 62.1. The lowest BCUT2D eigenvalue weighted by molar-refractivity contribution is -0.161. The van der Waals surface area contributed by atoms with Gasteiger partial charge in [0.05, 0.1) is 26.4 Å². The van der Waals surface area contributed by atoms with Crippen molar-refractivity contribution in [1.29, 1.82) is 0 Å². The van der Waals surface area contributed by atoms with Gasteiger partial charge in [-0.2, -0.15) is 0 Å². The summed E-state index contributed by atoms with van der Waals surface area (Å²) in [4.78, 5) is 72.4. The standard InChI is InChI=1S/C68H128O17P2/c1-7-9-11-13-15-17-19-20-21-22-23-27-34-40-46-52-67(72)84-63(56-79-66(71)51-45-39-33-28-24-25-30-36-42-48-60(3)4)58-82-86(74,75)80-54-62(69)55-81-87(76,77)83-59-64(85-68(73)53-47-41-35-29-31-37-43-49-61(5)6)57-78-65(70)50-44-38-32-26-18-16-14-12-10-8-2/h17,19-21,60-64,69H,7-16,18,22-59H2,1-6H3,(H,74,75)(H,76,77)/b19-17-,21-20-/t62-,63-,64-/m1/s1. The van der Waals surface area contributed by atoms with Gasteiger partial charge in [-0.3, -0.25) is 37.3 Å². The van der Waals surface area contributed by atoms with E-state index in [0.717, 1.165) is 109 Å². The molecule has 0 aliphatic heterocycles. The van der Waals surface area contributed by atoms with Crippen LogP contribution in [0.15, 0.2) is 24.3 Å². The van der Waals surface area contributed by atoms with E-state index < -0.39 is 97.5 Å². The SMILES string of the molecule is CCCCCC/C=C\C=C/CCCCCCCC(=O)O[C@H](COC(=O)CCCCCCCCCCCC(C)C)COP(=O)(O)OC[C@@H](O)COP(=O)(O)OC[C@@H](COC(=O)CCCCCCCCCCCC)OC(=O)CCCCCCCCCC(C)C. The Hall–Kier alpha value is -2.46. The number of hydrogen-bond donors (Lipinski definition) is 3. The van der Waals surface area contributed by atoms with Crippen LogP contribution in [-0.2, 0) is 65.4 Å². The zero-order valence-electron chi connectivity index (χ0n) is 55.8. The van der Waals surface area contributed by atoms with Crippen LogP contribution in [0, 0.1) is 11.8 Å². The summed E-state index contributed by atoms with van der Waals surface area (Å²) in [6.07, 6.45) is 46.7. The molecule has 0 saturated carbocycles. The predicted molar refractivity (Wildman–Crippen MR) is 349 cm³/mol. The maximum atomic E-state index is 13.0. The number of ether oxygens (including phenoxy) is 4. The van der Waals surface area contributed by atoms with Crippen LogP contribution >= 0.6 is 15.6 Å². The molecule has 0 aliphatic rings. The Morgan fingerprint density at radius 1 is 0.356 bits per heavy atom. The molecular weight excluding hydrogens is 1150 g/mol. The molecule has 0 fully saturated rings. The molecule has 87 heavy (non-hydrogen) atoms. The molecule has 0 spiro atoms. The molecule has 5 atom stereocenters. The van der Waals surface area contributed by atoms with Crippen LogP contribution in [0.3, 0.4) is 0 Å². The summed E-state index contributed by atoms with van der Waals surface area (Å²) in [6.45, 7) is 9.37. The van der Waals surface area contributed by atoms with Crippen molar-refractivity contribution in [2.75, 3.05) is 39.6 Å². The Kier molecular flexibility index (Phi) is 58.1. The molecular formula is C68H128O17P2. The van der Waals surface area contributed by atoms with Gasteiger partial charge < -0.3 is 33.8 Å². The van der Waals surface area contributed by atoms with Crippen molar-refractivity contribution in [3.8, 4) is 0 Å². The van der Waals surface area contributed by atoms with Gasteiger partial charge in [0.1, 0.15) is 19.3 Å². The Labute approximate surface area is 529 Å². The van der Waals surface area contributed by atoms with E-state index in [0.29, 0.717) is 31.6 Å². The number of rotatable bonds is 65. The molecule has 0 rings (SSSR count). The Morgan fingerprint density at radius 2 is 0.621 bits per heavy atom. The number of carbonyl (C=O) groups excluding carboxylic acids is 4. The summed E-state index contributed by atoms with van der Waals surface area (Å²) < 4.78 is 68.1. The number of unbranched alkanes of at least 4 members (excludes halogenated alkanes) is 32. The van der Waals surface area contributed by atoms with E-state index in [2.05, 4.69) is 65.8 Å². The minimum Gasteiger partial charge on any atom is -0.462 e. The lowest BCUT2D eigenvalue weighted by Crippen LogP contribution is -2.30. The van der Waals surface area contributed by atoms with Crippen LogP contribution in [0.4, 0.5) is 0 Å². The van der Waals surface area contributed by atoms with Gasteiger partial charge in [-0.1, -0.05) is 265 Å². The largest absolute Gasteiger partial charge is 0.472 e. The van der Waals surface area contributed by atoms with Gasteiger partial charge in [-0.15, -0.1) is 0 Å². The number of aliphatic hydroxyl groups excluding tert-OH is 1. The smallest absolute Gasteiger partial charge is 0.462 e. The molecule has 0 heterocycles. The number of phosphoric acid groups is 2. The van der Waals surface area contributed by atoms with Crippen LogP contribution in [-0.4, -0.2) is 96.7 Å². The molecule has 17 nitrogen and oxygen atoms in total. The number of hydrogen-bond acceptors (Lipinski definition) is 15. The van der Waals surface area contributed by atoms with Crippen molar-refractivity contribution in [2.45, 2.75) is 336 Å². The second kappa shape index (κ2) is 59.8. The van der Waals surface area contributed by atoms with E-state index in [4.69, 9.17) is 37.0 Å². The first-order valence-corrected chi connectivity index (χ1v) is 37.8. The molecule has 0 aromatic carbocycles. The zero-order valence-corrected chi connectivity index (χ0v) is 57.6. The number of carbonyl (C=O) groups is 4. The Balaban J connectivity index is 5.28. The normalized spacial score (nSPS) is 14.4. The van der Waals surface area contributed by atoms with Crippen LogP contribution < -0.4 is 0 Å². The first-order chi connectivity index (χ1) is 41.9.